The lowest BCUT2D eigenvalue weighted by molar-refractivity contribution is -0.00466. The Balaban J connectivity index is 2.36. The summed E-state index contributed by atoms with van der Waals surface area (Å²) < 4.78 is 5.17. The smallest absolute Gasteiger partial charge is 0.410 e. The van der Waals surface area contributed by atoms with Gasteiger partial charge in [-0.1, -0.05) is 0 Å². The average molecular weight is 186 g/mol. The molecule has 1 heterocycles. The molecule has 0 aromatic carbocycles. The number of carbonyl (C=O) groups is 1. The summed E-state index contributed by atoms with van der Waals surface area (Å²) in [7, 11) is 0. The summed E-state index contributed by atoms with van der Waals surface area (Å²) in [5.41, 5.74) is 5.12. The molecule has 0 unspecified atom stereocenters. The van der Waals surface area contributed by atoms with Gasteiger partial charge in [0.15, 0.2) is 0 Å². The Hall–Kier alpha value is -0.770. The Bertz CT molecular complexity index is 210. The average Bonchev–Trinajstić information content (AvgIpc) is 1.77. The van der Waals surface area contributed by atoms with E-state index in [9.17, 15) is 4.79 Å². The molecule has 0 aromatic heterocycles. The zero-order chi connectivity index (χ0) is 10.3. The number of nitrogens with zero attached hydrogens (tertiary/aromatic N) is 1. The standard InChI is InChI=1S/C9H18N2O2/c1-8(2,3)13-7(12)11-5-9(4,10)6-11/h5-6,10H2,1-4H3. The summed E-state index contributed by atoms with van der Waals surface area (Å²) in [6.07, 6.45) is -0.268. The second kappa shape index (κ2) is 2.87. The molecule has 0 radical (unpaired) electrons. The van der Waals surface area contributed by atoms with Crippen LogP contribution in [0.3, 0.4) is 0 Å². The monoisotopic (exact) mass is 186 g/mol. The number of carbonyl (C=O) groups excluding carboxylic acids is 1. The molecule has 4 nitrogen and oxygen atoms in total. The van der Waals surface area contributed by atoms with Gasteiger partial charge in [0, 0.05) is 18.6 Å². The second-order valence-electron chi connectivity index (χ2n) is 4.99. The van der Waals surface area contributed by atoms with Crippen molar-refractivity contribution in [3.8, 4) is 0 Å². The molecule has 1 saturated heterocycles. The van der Waals surface area contributed by atoms with E-state index >= 15 is 0 Å². The molecule has 1 amide bonds. The highest BCUT2D eigenvalue weighted by molar-refractivity contribution is 5.69. The first kappa shape index (κ1) is 10.3. The summed E-state index contributed by atoms with van der Waals surface area (Å²) >= 11 is 0. The molecule has 4 heteroatoms. The van der Waals surface area contributed by atoms with Crippen LogP contribution in [0.4, 0.5) is 4.79 Å². The van der Waals surface area contributed by atoms with Gasteiger partial charge in [-0.3, -0.25) is 0 Å². The van der Waals surface area contributed by atoms with Crippen molar-refractivity contribution in [1.29, 1.82) is 0 Å². The van der Waals surface area contributed by atoms with E-state index in [1.807, 2.05) is 27.7 Å². The molecular weight excluding hydrogens is 168 g/mol. The van der Waals surface area contributed by atoms with E-state index in [0.717, 1.165) is 0 Å². The van der Waals surface area contributed by atoms with Gasteiger partial charge >= 0.3 is 6.09 Å². The van der Waals surface area contributed by atoms with Crippen LogP contribution in [0.1, 0.15) is 27.7 Å². The molecule has 0 aromatic rings. The van der Waals surface area contributed by atoms with Crippen LogP contribution in [0.25, 0.3) is 0 Å². The first-order valence-electron chi connectivity index (χ1n) is 4.46. The topological polar surface area (TPSA) is 55.6 Å². The SMILES string of the molecule is CC1(N)CN(C(=O)OC(C)(C)C)C1. The fourth-order valence-electron chi connectivity index (χ4n) is 1.28. The van der Waals surface area contributed by atoms with Gasteiger partial charge in [0.2, 0.25) is 0 Å². The maximum Gasteiger partial charge on any atom is 0.410 e. The third-order valence-corrected chi connectivity index (χ3v) is 1.76. The molecule has 13 heavy (non-hydrogen) atoms. The van der Waals surface area contributed by atoms with Crippen LogP contribution in [0.2, 0.25) is 0 Å². The molecule has 2 N–H and O–H groups in total. The van der Waals surface area contributed by atoms with Gasteiger partial charge in [0.05, 0.1) is 0 Å². The number of hydrogen-bond donors (Lipinski definition) is 1. The van der Waals surface area contributed by atoms with Crippen molar-refractivity contribution in [2.45, 2.75) is 38.8 Å². The largest absolute Gasteiger partial charge is 0.444 e. The van der Waals surface area contributed by atoms with E-state index in [1.54, 1.807) is 4.90 Å². The van der Waals surface area contributed by atoms with Crippen LogP contribution in [-0.4, -0.2) is 35.2 Å². The zero-order valence-electron chi connectivity index (χ0n) is 8.76. The quantitative estimate of drug-likeness (QED) is 0.613. The fourth-order valence-corrected chi connectivity index (χ4v) is 1.28. The van der Waals surface area contributed by atoms with Gasteiger partial charge in [-0.15, -0.1) is 0 Å². The van der Waals surface area contributed by atoms with Crippen LogP contribution in [-0.2, 0) is 4.74 Å². The second-order valence-corrected chi connectivity index (χ2v) is 4.99. The van der Waals surface area contributed by atoms with Gasteiger partial charge in [-0.25, -0.2) is 4.79 Å². The lowest BCUT2D eigenvalue weighted by Gasteiger charge is -2.45. The van der Waals surface area contributed by atoms with E-state index in [-0.39, 0.29) is 11.6 Å². The molecule has 0 aliphatic carbocycles. The van der Waals surface area contributed by atoms with Gasteiger partial charge in [0.25, 0.3) is 0 Å². The maximum absolute atomic E-state index is 11.4. The van der Waals surface area contributed by atoms with Crippen molar-refractivity contribution in [3.63, 3.8) is 0 Å². The fraction of sp³-hybridized carbons (Fsp3) is 0.889. The minimum Gasteiger partial charge on any atom is -0.444 e. The Kier molecular flexibility index (Phi) is 2.28. The van der Waals surface area contributed by atoms with Crippen molar-refractivity contribution in [2.24, 2.45) is 5.73 Å². The molecule has 0 bridgehead atoms. The number of hydrogen-bond acceptors (Lipinski definition) is 3. The third-order valence-electron chi connectivity index (χ3n) is 1.76. The van der Waals surface area contributed by atoms with Crippen molar-refractivity contribution < 1.29 is 9.53 Å². The molecule has 0 saturated carbocycles. The number of amides is 1. The Labute approximate surface area is 79.0 Å². The summed E-state index contributed by atoms with van der Waals surface area (Å²) in [4.78, 5) is 13.0. The normalized spacial score (nSPS) is 20.8. The van der Waals surface area contributed by atoms with E-state index in [1.165, 1.54) is 0 Å². The lowest BCUT2D eigenvalue weighted by atomic mass is 9.95. The zero-order valence-corrected chi connectivity index (χ0v) is 8.76. The molecule has 0 atom stereocenters. The van der Waals surface area contributed by atoms with Gasteiger partial charge in [0.1, 0.15) is 5.60 Å². The Morgan fingerprint density at radius 3 is 2.23 bits per heavy atom. The molecule has 1 fully saturated rings. The number of likely N-dealkylation sites (tertiary alicyclic amines) is 1. The van der Waals surface area contributed by atoms with Crippen LogP contribution in [0, 0.1) is 0 Å². The van der Waals surface area contributed by atoms with E-state index in [0.29, 0.717) is 13.1 Å². The van der Waals surface area contributed by atoms with Crippen LogP contribution in [0.15, 0.2) is 0 Å². The molecule has 1 aliphatic rings. The summed E-state index contributed by atoms with van der Waals surface area (Å²) in [6.45, 7) is 8.66. The van der Waals surface area contributed by atoms with Crippen molar-refractivity contribution in [2.75, 3.05) is 13.1 Å². The first-order chi connectivity index (χ1) is 5.70. The highest BCUT2D eigenvalue weighted by atomic mass is 16.6. The van der Waals surface area contributed by atoms with Crippen LogP contribution >= 0.6 is 0 Å². The first-order valence-corrected chi connectivity index (χ1v) is 4.46. The van der Waals surface area contributed by atoms with Gasteiger partial charge < -0.3 is 15.4 Å². The molecule has 1 rings (SSSR count). The van der Waals surface area contributed by atoms with Crippen molar-refractivity contribution in [1.82, 2.24) is 4.90 Å². The van der Waals surface area contributed by atoms with Gasteiger partial charge in [-0.2, -0.15) is 0 Å². The van der Waals surface area contributed by atoms with Crippen molar-refractivity contribution in [3.05, 3.63) is 0 Å². The number of rotatable bonds is 0. The third kappa shape index (κ3) is 2.88. The predicted molar refractivity (Wildman–Crippen MR) is 50.4 cm³/mol. The Morgan fingerprint density at radius 1 is 1.46 bits per heavy atom. The van der Waals surface area contributed by atoms with Crippen LogP contribution < -0.4 is 5.73 Å². The molecule has 1 aliphatic heterocycles. The number of nitrogens with two attached hydrogens (primary N) is 1. The summed E-state index contributed by atoms with van der Waals surface area (Å²) in [6, 6.07) is 0. The minimum absolute atomic E-state index is 0.225. The van der Waals surface area contributed by atoms with E-state index < -0.39 is 5.60 Å². The number of ether oxygens (including phenoxy) is 1. The maximum atomic E-state index is 11.4. The van der Waals surface area contributed by atoms with Crippen molar-refractivity contribution >= 4 is 6.09 Å². The van der Waals surface area contributed by atoms with Crippen LogP contribution in [0.5, 0.6) is 0 Å². The minimum atomic E-state index is -0.419. The predicted octanol–water partition coefficient (Wildman–Crippen LogP) is 0.954. The summed E-state index contributed by atoms with van der Waals surface area (Å²) in [5.74, 6) is 0. The van der Waals surface area contributed by atoms with Gasteiger partial charge in [-0.05, 0) is 27.7 Å². The highest BCUT2D eigenvalue weighted by Gasteiger charge is 2.39. The van der Waals surface area contributed by atoms with E-state index in [2.05, 4.69) is 0 Å². The summed E-state index contributed by atoms with van der Waals surface area (Å²) in [5, 5.41) is 0. The highest BCUT2D eigenvalue weighted by Crippen LogP contribution is 2.20. The Morgan fingerprint density at radius 2 is 1.92 bits per heavy atom. The molecule has 76 valence electrons. The molecule has 0 spiro atoms. The van der Waals surface area contributed by atoms with E-state index in [4.69, 9.17) is 10.5 Å². The lowest BCUT2D eigenvalue weighted by Crippen LogP contribution is -2.67. The molecular formula is C9H18N2O2.